The van der Waals surface area contributed by atoms with Crippen LogP contribution in [-0.2, 0) is 0 Å². The number of hydrogen-bond acceptors (Lipinski definition) is 5. The van der Waals surface area contributed by atoms with Crippen LogP contribution in [0.15, 0.2) is 53.9 Å². The standard InChI is InChI=1S/C21H23N3O3S/c1-15-14-28-20(22-15)16-5-4-6-17(13-16)23-21(25)24(2)11-12-27-19-9-7-18(26-3)8-10-19/h4-10,13-14H,11-12H2,1-3H3,(H,23,25). The van der Waals surface area contributed by atoms with Gasteiger partial charge in [-0.2, -0.15) is 0 Å². The van der Waals surface area contributed by atoms with Crippen LogP contribution in [0.4, 0.5) is 10.5 Å². The SMILES string of the molecule is COc1ccc(OCCN(C)C(=O)Nc2cccc(-c3nc(C)cs3)c2)cc1. The van der Waals surface area contributed by atoms with Crippen molar-refractivity contribution in [3.63, 3.8) is 0 Å². The van der Waals surface area contributed by atoms with E-state index in [1.54, 1.807) is 30.4 Å². The minimum Gasteiger partial charge on any atom is -0.497 e. The Bertz CT molecular complexity index is 925. The van der Waals surface area contributed by atoms with Crippen LogP contribution in [-0.4, -0.2) is 43.2 Å². The third-order valence-electron chi connectivity index (χ3n) is 4.08. The number of rotatable bonds is 7. The van der Waals surface area contributed by atoms with Gasteiger partial charge in [0.25, 0.3) is 0 Å². The van der Waals surface area contributed by atoms with E-state index in [4.69, 9.17) is 9.47 Å². The Morgan fingerprint density at radius 3 is 2.61 bits per heavy atom. The molecular weight excluding hydrogens is 374 g/mol. The molecule has 28 heavy (non-hydrogen) atoms. The lowest BCUT2D eigenvalue weighted by Crippen LogP contribution is -2.34. The van der Waals surface area contributed by atoms with Crippen molar-refractivity contribution in [2.75, 3.05) is 32.6 Å². The minimum absolute atomic E-state index is 0.189. The number of nitrogens with zero attached hydrogens (tertiary/aromatic N) is 2. The Kier molecular flexibility index (Phi) is 6.49. The molecule has 0 bridgehead atoms. The molecule has 0 saturated carbocycles. The van der Waals surface area contributed by atoms with Gasteiger partial charge in [-0.05, 0) is 43.3 Å². The molecule has 0 saturated heterocycles. The maximum Gasteiger partial charge on any atom is 0.321 e. The van der Waals surface area contributed by atoms with Crippen LogP contribution >= 0.6 is 11.3 Å². The van der Waals surface area contributed by atoms with Crippen LogP contribution in [0.25, 0.3) is 10.6 Å². The second-order valence-corrected chi connectivity index (χ2v) is 7.11. The summed E-state index contributed by atoms with van der Waals surface area (Å²) in [4.78, 5) is 18.5. The van der Waals surface area contributed by atoms with Crippen LogP contribution in [0.2, 0.25) is 0 Å². The van der Waals surface area contributed by atoms with E-state index in [0.29, 0.717) is 13.2 Å². The number of hydrogen-bond donors (Lipinski definition) is 1. The number of urea groups is 1. The first-order chi connectivity index (χ1) is 13.5. The molecule has 0 spiro atoms. The fourth-order valence-electron chi connectivity index (χ4n) is 2.51. The molecular formula is C21H23N3O3S. The van der Waals surface area contributed by atoms with E-state index in [1.165, 1.54) is 0 Å². The number of aryl methyl sites for hydroxylation is 1. The van der Waals surface area contributed by atoms with Crippen molar-refractivity contribution in [2.45, 2.75) is 6.92 Å². The third kappa shape index (κ3) is 5.23. The zero-order chi connectivity index (χ0) is 19.9. The molecule has 0 aliphatic carbocycles. The van der Waals surface area contributed by atoms with E-state index in [9.17, 15) is 4.79 Å². The van der Waals surface area contributed by atoms with E-state index in [2.05, 4.69) is 10.3 Å². The molecule has 0 unspecified atom stereocenters. The molecule has 1 heterocycles. The molecule has 3 rings (SSSR count). The van der Waals surface area contributed by atoms with E-state index < -0.39 is 0 Å². The number of carbonyl (C=O) groups is 1. The molecule has 1 aromatic heterocycles. The predicted octanol–water partition coefficient (Wildman–Crippen LogP) is 4.67. The highest BCUT2D eigenvalue weighted by molar-refractivity contribution is 7.13. The molecule has 146 valence electrons. The van der Waals surface area contributed by atoms with Gasteiger partial charge in [0, 0.05) is 29.4 Å². The molecule has 7 heteroatoms. The molecule has 0 aliphatic heterocycles. The third-order valence-corrected chi connectivity index (χ3v) is 5.09. The maximum atomic E-state index is 12.4. The van der Waals surface area contributed by atoms with Gasteiger partial charge in [0.15, 0.2) is 0 Å². The number of ether oxygens (including phenoxy) is 2. The highest BCUT2D eigenvalue weighted by Crippen LogP contribution is 2.26. The summed E-state index contributed by atoms with van der Waals surface area (Å²) in [6, 6.07) is 14.8. The Hall–Kier alpha value is -3.06. The van der Waals surface area contributed by atoms with E-state index in [0.717, 1.165) is 33.5 Å². The van der Waals surface area contributed by atoms with Crippen LogP contribution in [0.5, 0.6) is 11.5 Å². The Labute approximate surface area is 168 Å². The van der Waals surface area contributed by atoms with Crippen LogP contribution in [0.1, 0.15) is 5.69 Å². The summed E-state index contributed by atoms with van der Waals surface area (Å²) in [7, 11) is 3.36. The van der Waals surface area contributed by atoms with Crippen molar-refractivity contribution in [3.8, 4) is 22.1 Å². The van der Waals surface area contributed by atoms with Crippen LogP contribution in [0.3, 0.4) is 0 Å². The highest BCUT2D eigenvalue weighted by Gasteiger charge is 2.10. The zero-order valence-electron chi connectivity index (χ0n) is 16.1. The number of nitrogens with one attached hydrogen (secondary N) is 1. The van der Waals surface area contributed by atoms with Gasteiger partial charge in [0.2, 0.25) is 0 Å². The first-order valence-corrected chi connectivity index (χ1v) is 9.74. The first-order valence-electron chi connectivity index (χ1n) is 8.86. The molecule has 0 atom stereocenters. The van der Waals surface area contributed by atoms with E-state index >= 15 is 0 Å². The number of thiazole rings is 1. The largest absolute Gasteiger partial charge is 0.497 e. The summed E-state index contributed by atoms with van der Waals surface area (Å²) in [6.07, 6.45) is 0. The van der Waals surface area contributed by atoms with Crippen LogP contribution < -0.4 is 14.8 Å². The monoisotopic (exact) mass is 397 g/mol. The number of carbonyl (C=O) groups excluding carboxylic acids is 1. The molecule has 0 fully saturated rings. The van der Waals surface area contributed by atoms with Gasteiger partial charge in [-0.25, -0.2) is 9.78 Å². The summed E-state index contributed by atoms with van der Waals surface area (Å²) in [5.41, 5.74) is 2.71. The maximum absolute atomic E-state index is 12.4. The average molecular weight is 398 g/mol. The second-order valence-electron chi connectivity index (χ2n) is 6.25. The van der Waals surface area contributed by atoms with Crippen molar-refractivity contribution < 1.29 is 14.3 Å². The number of amides is 2. The van der Waals surface area contributed by atoms with Gasteiger partial charge >= 0.3 is 6.03 Å². The van der Waals surface area contributed by atoms with Crippen LogP contribution in [0, 0.1) is 6.92 Å². The lowest BCUT2D eigenvalue weighted by Gasteiger charge is -2.18. The van der Waals surface area contributed by atoms with Gasteiger partial charge in [-0.15, -0.1) is 11.3 Å². The molecule has 2 aromatic carbocycles. The van der Waals surface area contributed by atoms with Crippen molar-refractivity contribution in [3.05, 3.63) is 59.6 Å². The molecule has 6 nitrogen and oxygen atoms in total. The van der Waals surface area contributed by atoms with Gasteiger partial charge in [-0.3, -0.25) is 0 Å². The van der Waals surface area contributed by atoms with Gasteiger partial charge in [0.05, 0.1) is 13.7 Å². The summed E-state index contributed by atoms with van der Waals surface area (Å²) in [6.45, 7) is 2.83. The summed E-state index contributed by atoms with van der Waals surface area (Å²) >= 11 is 1.59. The zero-order valence-corrected chi connectivity index (χ0v) is 17.0. The average Bonchev–Trinajstić information content (AvgIpc) is 3.15. The lowest BCUT2D eigenvalue weighted by atomic mass is 10.2. The van der Waals surface area contributed by atoms with Gasteiger partial charge in [-0.1, -0.05) is 12.1 Å². The fourth-order valence-corrected chi connectivity index (χ4v) is 3.30. The van der Waals surface area contributed by atoms with E-state index in [-0.39, 0.29) is 6.03 Å². The molecule has 1 N–H and O–H groups in total. The molecule has 3 aromatic rings. The van der Waals surface area contributed by atoms with E-state index in [1.807, 2.05) is 60.8 Å². The van der Waals surface area contributed by atoms with Crippen molar-refractivity contribution in [2.24, 2.45) is 0 Å². The number of methoxy groups -OCH3 is 1. The smallest absolute Gasteiger partial charge is 0.321 e. The van der Waals surface area contributed by atoms with Crippen molar-refractivity contribution >= 4 is 23.1 Å². The molecule has 2 amide bonds. The quantitative estimate of drug-likeness (QED) is 0.629. The molecule has 0 aliphatic rings. The summed E-state index contributed by atoms with van der Waals surface area (Å²) < 4.78 is 10.8. The Balaban J connectivity index is 1.51. The lowest BCUT2D eigenvalue weighted by molar-refractivity contribution is 0.207. The number of benzene rings is 2. The fraction of sp³-hybridized carbons (Fsp3) is 0.238. The van der Waals surface area contributed by atoms with Crippen molar-refractivity contribution in [1.29, 1.82) is 0 Å². The normalized spacial score (nSPS) is 10.4. The van der Waals surface area contributed by atoms with Gasteiger partial charge in [0.1, 0.15) is 23.1 Å². The Morgan fingerprint density at radius 2 is 1.93 bits per heavy atom. The van der Waals surface area contributed by atoms with Gasteiger partial charge < -0.3 is 19.7 Å². The number of anilines is 1. The predicted molar refractivity (Wildman–Crippen MR) is 112 cm³/mol. The summed E-state index contributed by atoms with van der Waals surface area (Å²) in [5.74, 6) is 1.51. The number of aromatic nitrogens is 1. The first kappa shape index (κ1) is 19.7. The minimum atomic E-state index is -0.189. The molecule has 0 radical (unpaired) electrons. The number of likely N-dealkylation sites (N-methyl/N-ethyl adjacent to an activating group) is 1. The topological polar surface area (TPSA) is 63.7 Å². The summed E-state index contributed by atoms with van der Waals surface area (Å²) in [5, 5.41) is 5.86. The Morgan fingerprint density at radius 1 is 1.18 bits per heavy atom. The highest BCUT2D eigenvalue weighted by atomic mass is 32.1. The van der Waals surface area contributed by atoms with Crippen molar-refractivity contribution in [1.82, 2.24) is 9.88 Å². The second kappa shape index (κ2) is 9.23.